The lowest BCUT2D eigenvalue weighted by Crippen LogP contribution is -2.18. The molecule has 1 rings (SSSR count). The van der Waals surface area contributed by atoms with Crippen LogP contribution < -0.4 is 5.32 Å². The first-order valence-corrected chi connectivity index (χ1v) is 5.72. The Morgan fingerprint density at radius 1 is 1.44 bits per heavy atom. The van der Waals surface area contributed by atoms with Gasteiger partial charge in [0.15, 0.2) is 0 Å². The minimum absolute atomic E-state index is 0.271. The molecule has 0 aliphatic rings. The molecule has 1 aromatic rings. The molecule has 1 aromatic heterocycles. The highest BCUT2D eigenvalue weighted by Gasteiger charge is 2.11. The van der Waals surface area contributed by atoms with Gasteiger partial charge in [-0.2, -0.15) is 5.10 Å². The zero-order valence-electron chi connectivity index (χ0n) is 10.8. The van der Waals surface area contributed by atoms with Crippen LogP contribution in [0, 0.1) is 5.41 Å². The molecule has 1 heterocycles. The van der Waals surface area contributed by atoms with Gasteiger partial charge in [-0.15, -0.1) is 0 Å². The second-order valence-electron chi connectivity index (χ2n) is 5.28. The van der Waals surface area contributed by atoms with Gasteiger partial charge in [0.1, 0.15) is 0 Å². The van der Waals surface area contributed by atoms with E-state index in [1.54, 1.807) is 7.11 Å². The van der Waals surface area contributed by atoms with Crippen LogP contribution in [0.5, 0.6) is 0 Å². The van der Waals surface area contributed by atoms with Crippen LogP contribution in [0.25, 0.3) is 0 Å². The number of nitrogens with one attached hydrogen (secondary N) is 1. The molecule has 92 valence electrons. The first-order chi connectivity index (χ1) is 7.51. The molecule has 1 N–H and O–H groups in total. The van der Waals surface area contributed by atoms with Crippen molar-refractivity contribution < 1.29 is 4.74 Å². The molecule has 0 saturated carbocycles. The Labute approximate surface area is 98.0 Å². The molecule has 0 spiro atoms. The summed E-state index contributed by atoms with van der Waals surface area (Å²) in [4.78, 5) is 0. The molecular weight excluding hydrogens is 202 g/mol. The van der Waals surface area contributed by atoms with Crippen molar-refractivity contribution in [3.63, 3.8) is 0 Å². The van der Waals surface area contributed by atoms with Gasteiger partial charge in [0.05, 0.1) is 12.8 Å². The Kier molecular flexibility index (Phi) is 4.96. The molecule has 0 aromatic carbocycles. The van der Waals surface area contributed by atoms with E-state index in [1.807, 2.05) is 10.9 Å². The molecule has 4 heteroatoms. The van der Waals surface area contributed by atoms with E-state index < -0.39 is 0 Å². The number of hydrogen-bond donors (Lipinski definition) is 1. The summed E-state index contributed by atoms with van der Waals surface area (Å²) in [6.07, 6.45) is 4.02. The van der Waals surface area contributed by atoms with E-state index in [9.17, 15) is 0 Å². The van der Waals surface area contributed by atoms with Gasteiger partial charge in [-0.25, -0.2) is 0 Å². The van der Waals surface area contributed by atoms with E-state index >= 15 is 0 Å². The van der Waals surface area contributed by atoms with Crippen molar-refractivity contribution in [2.75, 3.05) is 20.3 Å². The highest BCUT2D eigenvalue weighted by molar-refractivity contribution is 5.03. The number of hydrogen-bond acceptors (Lipinski definition) is 3. The molecule has 0 atom stereocenters. The van der Waals surface area contributed by atoms with Crippen LogP contribution in [0.3, 0.4) is 0 Å². The highest BCUT2D eigenvalue weighted by Crippen LogP contribution is 2.15. The number of nitrogens with zero attached hydrogens (tertiary/aromatic N) is 2. The summed E-state index contributed by atoms with van der Waals surface area (Å²) >= 11 is 0. The summed E-state index contributed by atoms with van der Waals surface area (Å²) in [5.74, 6) is 0. The van der Waals surface area contributed by atoms with Crippen molar-refractivity contribution in [2.45, 2.75) is 33.9 Å². The number of aromatic nitrogens is 2. The van der Waals surface area contributed by atoms with Gasteiger partial charge in [-0.3, -0.25) is 4.68 Å². The van der Waals surface area contributed by atoms with Crippen LogP contribution in [-0.4, -0.2) is 30.0 Å². The normalized spacial score (nSPS) is 12.0. The fraction of sp³-hybridized carbons (Fsp3) is 0.750. The summed E-state index contributed by atoms with van der Waals surface area (Å²) in [5, 5.41) is 7.65. The number of ether oxygens (including phenoxy) is 1. The zero-order valence-corrected chi connectivity index (χ0v) is 10.8. The molecule has 0 bridgehead atoms. The van der Waals surface area contributed by atoms with Gasteiger partial charge in [-0.05, 0) is 5.41 Å². The minimum atomic E-state index is 0.271. The fourth-order valence-electron chi connectivity index (χ4n) is 1.48. The topological polar surface area (TPSA) is 39.1 Å². The van der Waals surface area contributed by atoms with Crippen molar-refractivity contribution in [1.82, 2.24) is 15.1 Å². The maximum absolute atomic E-state index is 4.97. The molecule has 0 unspecified atom stereocenters. The van der Waals surface area contributed by atoms with Gasteiger partial charge >= 0.3 is 0 Å². The smallest absolute Gasteiger partial charge is 0.0587 e. The fourth-order valence-corrected chi connectivity index (χ4v) is 1.48. The van der Waals surface area contributed by atoms with Crippen LogP contribution >= 0.6 is 0 Å². The van der Waals surface area contributed by atoms with Gasteiger partial charge in [-0.1, -0.05) is 20.8 Å². The largest absolute Gasteiger partial charge is 0.383 e. The third-order valence-corrected chi connectivity index (χ3v) is 2.14. The Morgan fingerprint density at radius 2 is 2.19 bits per heavy atom. The molecule has 0 amide bonds. The average molecular weight is 225 g/mol. The third kappa shape index (κ3) is 5.28. The molecule has 0 radical (unpaired) electrons. The van der Waals surface area contributed by atoms with E-state index in [4.69, 9.17) is 4.74 Å². The quantitative estimate of drug-likeness (QED) is 0.748. The lowest BCUT2D eigenvalue weighted by atomic mass is 9.97. The summed E-state index contributed by atoms with van der Waals surface area (Å²) in [7, 11) is 1.71. The molecule has 0 aliphatic heterocycles. The molecule has 0 fully saturated rings. The van der Waals surface area contributed by atoms with Gasteiger partial charge in [0.2, 0.25) is 0 Å². The summed E-state index contributed by atoms with van der Waals surface area (Å²) in [6, 6.07) is 0. The average Bonchev–Trinajstić information content (AvgIpc) is 2.58. The molecule has 4 nitrogen and oxygen atoms in total. The molecular formula is C12H23N3O. The Bertz CT molecular complexity index is 301. The molecule has 16 heavy (non-hydrogen) atoms. The predicted molar refractivity (Wildman–Crippen MR) is 65.3 cm³/mol. The summed E-state index contributed by atoms with van der Waals surface area (Å²) in [5.41, 5.74) is 1.49. The lowest BCUT2D eigenvalue weighted by molar-refractivity contribution is 0.199. The predicted octanol–water partition coefficient (Wildman–Crippen LogP) is 1.67. The van der Waals surface area contributed by atoms with Crippen molar-refractivity contribution >= 4 is 0 Å². The first-order valence-electron chi connectivity index (χ1n) is 5.72. The molecule has 0 saturated heterocycles. The SMILES string of the molecule is COCCNCc1cnn(CC(C)(C)C)c1. The van der Waals surface area contributed by atoms with E-state index in [2.05, 4.69) is 37.4 Å². The Balaban J connectivity index is 2.34. The maximum Gasteiger partial charge on any atom is 0.0587 e. The van der Waals surface area contributed by atoms with Gasteiger partial charge < -0.3 is 10.1 Å². The highest BCUT2D eigenvalue weighted by atomic mass is 16.5. The van der Waals surface area contributed by atoms with Crippen molar-refractivity contribution in [2.24, 2.45) is 5.41 Å². The van der Waals surface area contributed by atoms with Crippen LogP contribution in [0.4, 0.5) is 0 Å². The third-order valence-electron chi connectivity index (χ3n) is 2.14. The van der Waals surface area contributed by atoms with E-state index in [1.165, 1.54) is 5.56 Å². The Hall–Kier alpha value is -0.870. The van der Waals surface area contributed by atoms with Crippen LogP contribution in [-0.2, 0) is 17.8 Å². The second-order valence-corrected chi connectivity index (χ2v) is 5.28. The maximum atomic E-state index is 4.97. The Morgan fingerprint density at radius 3 is 2.81 bits per heavy atom. The van der Waals surface area contributed by atoms with Crippen molar-refractivity contribution in [1.29, 1.82) is 0 Å². The van der Waals surface area contributed by atoms with Gasteiger partial charge in [0, 0.05) is 38.5 Å². The molecule has 0 aliphatic carbocycles. The monoisotopic (exact) mass is 225 g/mol. The van der Waals surface area contributed by atoms with Crippen molar-refractivity contribution in [3.8, 4) is 0 Å². The number of methoxy groups -OCH3 is 1. The van der Waals surface area contributed by atoms with Crippen LogP contribution in [0.1, 0.15) is 26.3 Å². The summed E-state index contributed by atoms with van der Waals surface area (Å²) < 4.78 is 6.97. The van der Waals surface area contributed by atoms with Crippen LogP contribution in [0.15, 0.2) is 12.4 Å². The van der Waals surface area contributed by atoms with Crippen molar-refractivity contribution in [3.05, 3.63) is 18.0 Å². The standard InChI is InChI=1S/C12H23N3O/c1-12(2,3)10-15-9-11(8-14-15)7-13-5-6-16-4/h8-9,13H,5-7,10H2,1-4H3. The van der Waals surface area contributed by atoms with E-state index in [0.29, 0.717) is 0 Å². The van der Waals surface area contributed by atoms with Gasteiger partial charge in [0.25, 0.3) is 0 Å². The van der Waals surface area contributed by atoms with E-state index in [-0.39, 0.29) is 5.41 Å². The minimum Gasteiger partial charge on any atom is -0.383 e. The first kappa shape index (κ1) is 13.2. The summed E-state index contributed by atoms with van der Waals surface area (Å²) in [6.45, 7) is 10.1. The van der Waals surface area contributed by atoms with E-state index in [0.717, 1.165) is 26.2 Å². The lowest BCUT2D eigenvalue weighted by Gasteiger charge is -2.17. The van der Waals surface area contributed by atoms with Crippen LogP contribution in [0.2, 0.25) is 0 Å². The second kappa shape index (κ2) is 6.01. The number of rotatable bonds is 6. The zero-order chi connectivity index (χ0) is 12.0.